The minimum absolute atomic E-state index is 0.0172. The topological polar surface area (TPSA) is 72.7 Å². The van der Waals surface area contributed by atoms with Gasteiger partial charge in [0.05, 0.1) is 5.25 Å². The Labute approximate surface area is 157 Å². The molecule has 3 rings (SSSR count). The van der Waals surface area contributed by atoms with Crippen LogP contribution < -0.4 is 5.32 Å². The van der Waals surface area contributed by atoms with Crippen molar-refractivity contribution in [3.8, 4) is 5.69 Å². The molecule has 3 aromatic rings. The number of thioether (sulfide) groups is 1. The number of nitrogens with one attached hydrogen (secondary N) is 1. The lowest BCUT2D eigenvalue weighted by Gasteiger charge is -2.19. The van der Waals surface area contributed by atoms with Crippen LogP contribution in [0, 0.1) is 5.92 Å². The highest BCUT2D eigenvalue weighted by Gasteiger charge is 2.26. The van der Waals surface area contributed by atoms with Crippen LogP contribution in [-0.4, -0.2) is 30.9 Å². The first kappa shape index (κ1) is 18.1. The fourth-order valence-electron chi connectivity index (χ4n) is 2.47. The van der Waals surface area contributed by atoms with Crippen molar-refractivity contribution in [3.05, 3.63) is 66.7 Å². The van der Waals surface area contributed by atoms with Gasteiger partial charge in [0.15, 0.2) is 5.16 Å². The molecule has 1 aromatic carbocycles. The number of para-hydroxylation sites is 1. The van der Waals surface area contributed by atoms with Crippen molar-refractivity contribution in [3.63, 3.8) is 0 Å². The van der Waals surface area contributed by atoms with Gasteiger partial charge in [-0.3, -0.25) is 14.3 Å². The molecule has 0 radical (unpaired) electrons. The molecule has 0 unspecified atom stereocenters. The molecule has 7 heteroatoms. The molecule has 2 heterocycles. The maximum absolute atomic E-state index is 12.7. The Morgan fingerprint density at radius 3 is 2.69 bits per heavy atom. The molecule has 26 heavy (non-hydrogen) atoms. The van der Waals surface area contributed by atoms with Crippen molar-refractivity contribution in [2.75, 3.05) is 0 Å². The molecular weight excluding hydrogens is 346 g/mol. The fraction of sp³-hybridized carbons (Fsp3) is 0.263. The van der Waals surface area contributed by atoms with E-state index < -0.39 is 0 Å². The summed E-state index contributed by atoms with van der Waals surface area (Å²) in [5.41, 5.74) is 1.94. The molecule has 0 aliphatic rings. The number of pyridine rings is 1. The molecule has 0 saturated carbocycles. The third-order valence-corrected chi connectivity index (χ3v) is 5.34. The molecule has 1 N–H and O–H groups in total. The van der Waals surface area contributed by atoms with E-state index in [4.69, 9.17) is 0 Å². The maximum Gasteiger partial charge on any atom is 0.234 e. The van der Waals surface area contributed by atoms with Gasteiger partial charge in [0.25, 0.3) is 0 Å². The van der Waals surface area contributed by atoms with Crippen LogP contribution in [0.4, 0.5) is 0 Å². The Hall–Kier alpha value is -2.67. The molecule has 0 aliphatic heterocycles. The smallest absolute Gasteiger partial charge is 0.234 e. The van der Waals surface area contributed by atoms with Gasteiger partial charge in [-0.05, 0) is 29.7 Å². The van der Waals surface area contributed by atoms with Gasteiger partial charge >= 0.3 is 0 Å². The highest BCUT2D eigenvalue weighted by Crippen LogP contribution is 2.28. The number of benzene rings is 1. The molecule has 0 saturated heterocycles. The largest absolute Gasteiger partial charge is 0.351 e. The monoisotopic (exact) mass is 367 g/mol. The van der Waals surface area contributed by atoms with Gasteiger partial charge < -0.3 is 5.32 Å². The highest BCUT2D eigenvalue weighted by molar-refractivity contribution is 8.00. The first-order valence-electron chi connectivity index (χ1n) is 8.44. The van der Waals surface area contributed by atoms with Gasteiger partial charge in [-0.25, -0.2) is 0 Å². The average Bonchev–Trinajstić information content (AvgIpc) is 3.14. The number of hydrogen-bond acceptors (Lipinski definition) is 5. The Morgan fingerprint density at radius 1 is 1.19 bits per heavy atom. The van der Waals surface area contributed by atoms with Gasteiger partial charge in [0.2, 0.25) is 5.91 Å². The predicted molar refractivity (Wildman–Crippen MR) is 102 cm³/mol. The van der Waals surface area contributed by atoms with Crippen molar-refractivity contribution in [2.45, 2.75) is 30.8 Å². The average molecular weight is 367 g/mol. The molecule has 6 nitrogen and oxygen atoms in total. The van der Waals surface area contributed by atoms with E-state index in [-0.39, 0.29) is 17.1 Å². The zero-order valence-electron chi connectivity index (χ0n) is 14.7. The van der Waals surface area contributed by atoms with Crippen molar-refractivity contribution < 1.29 is 4.79 Å². The van der Waals surface area contributed by atoms with Gasteiger partial charge in [-0.15, -0.1) is 10.2 Å². The molecular formula is C19H21N5OS. The number of hydrogen-bond donors (Lipinski definition) is 1. The molecule has 134 valence electrons. The van der Waals surface area contributed by atoms with Gasteiger partial charge in [0, 0.05) is 24.6 Å². The number of carbonyl (C=O) groups excluding carboxylic acids is 1. The standard InChI is InChI=1S/C19H21N5OS/c1-14(2)17(18(25)21-12-15-7-6-10-20-11-15)26-19-23-22-13-24(19)16-8-4-3-5-9-16/h3-11,13-14,17H,12H2,1-2H3,(H,21,25)/t17-/m1/s1. The number of rotatable bonds is 7. The number of carbonyl (C=O) groups is 1. The normalized spacial score (nSPS) is 12.1. The maximum atomic E-state index is 12.7. The summed E-state index contributed by atoms with van der Waals surface area (Å²) in [6.45, 7) is 4.52. The Bertz CT molecular complexity index is 835. The first-order valence-corrected chi connectivity index (χ1v) is 9.32. The van der Waals surface area contributed by atoms with E-state index in [1.54, 1.807) is 18.7 Å². The lowest BCUT2D eigenvalue weighted by molar-refractivity contribution is -0.121. The van der Waals surface area contributed by atoms with Crippen LogP contribution in [0.15, 0.2) is 66.3 Å². The van der Waals surface area contributed by atoms with Crippen LogP contribution in [0.3, 0.4) is 0 Å². The Kier molecular flexibility index (Phi) is 6.01. The van der Waals surface area contributed by atoms with Gasteiger partial charge in [-0.2, -0.15) is 0 Å². The van der Waals surface area contributed by atoms with Crippen molar-refractivity contribution >= 4 is 17.7 Å². The second-order valence-electron chi connectivity index (χ2n) is 6.18. The molecule has 0 spiro atoms. The van der Waals surface area contributed by atoms with Gasteiger partial charge in [0.1, 0.15) is 6.33 Å². The van der Waals surface area contributed by atoms with Crippen LogP contribution in [0.5, 0.6) is 0 Å². The van der Waals surface area contributed by atoms with E-state index in [1.807, 2.05) is 60.9 Å². The summed E-state index contributed by atoms with van der Waals surface area (Å²) in [5, 5.41) is 11.6. The lowest BCUT2D eigenvalue weighted by atomic mass is 10.1. The number of amides is 1. The quantitative estimate of drug-likeness (QED) is 0.650. The van der Waals surface area contributed by atoms with E-state index in [9.17, 15) is 4.79 Å². The minimum atomic E-state index is -0.265. The highest BCUT2D eigenvalue weighted by atomic mass is 32.2. The first-order chi connectivity index (χ1) is 12.6. The molecule has 2 aromatic heterocycles. The zero-order chi connectivity index (χ0) is 18.4. The van der Waals surface area contributed by atoms with E-state index in [2.05, 4.69) is 20.5 Å². The Morgan fingerprint density at radius 2 is 2.00 bits per heavy atom. The summed E-state index contributed by atoms with van der Waals surface area (Å²) in [7, 11) is 0. The minimum Gasteiger partial charge on any atom is -0.351 e. The van der Waals surface area contributed by atoms with Crippen LogP contribution >= 0.6 is 11.8 Å². The van der Waals surface area contributed by atoms with Crippen molar-refractivity contribution in [1.82, 2.24) is 25.1 Å². The van der Waals surface area contributed by atoms with Crippen LogP contribution in [-0.2, 0) is 11.3 Å². The summed E-state index contributed by atoms with van der Waals surface area (Å²) in [4.78, 5) is 16.8. The van der Waals surface area contributed by atoms with Gasteiger partial charge in [-0.1, -0.05) is 49.9 Å². The summed E-state index contributed by atoms with van der Waals surface area (Å²) >= 11 is 1.43. The molecule has 0 aliphatic carbocycles. The van der Waals surface area contributed by atoms with E-state index >= 15 is 0 Å². The summed E-state index contributed by atoms with van der Waals surface area (Å²) in [6, 6.07) is 13.7. The van der Waals surface area contributed by atoms with E-state index in [1.165, 1.54) is 11.8 Å². The van der Waals surface area contributed by atoms with Crippen molar-refractivity contribution in [2.24, 2.45) is 5.92 Å². The molecule has 1 amide bonds. The summed E-state index contributed by atoms with van der Waals surface area (Å²) < 4.78 is 1.90. The second kappa shape index (κ2) is 8.62. The van der Waals surface area contributed by atoms with Crippen LogP contribution in [0.25, 0.3) is 5.69 Å². The molecule has 0 fully saturated rings. The van der Waals surface area contributed by atoms with Crippen LogP contribution in [0.1, 0.15) is 19.4 Å². The lowest BCUT2D eigenvalue weighted by Crippen LogP contribution is -2.35. The second-order valence-corrected chi connectivity index (χ2v) is 7.29. The Balaban J connectivity index is 1.71. The molecule has 1 atom stereocenters. The SMILES string of the molecule is CC(C)[C@@H](Sc1nncn1-c1ccccc1)C(=O)NCc1cccnc1. The zero-order valence-corrected chi connectivity index (χ0v) is 15.6. The number of aromatic nitrogens is 4. The van der Waals surface area contributed by atoms with Crippen LogP contribution in [0.2, 0.25) is 0 Å². The van der Waals surface area contributed by atoms with E-state index in [0.717, 1.165) is 11.3 Å². The summed E-state index contributed by atoms with van der Waals surface area (Å²) in [6.07, 6.45) is 5.14. The summed E-state index contributed by atoms with van der Waals surface area (Å²) in [5.74, 6) is 0.131. The molecule has 0 bridgehead atoms. The fourth-order valence-corrected chi connectivity index (χ4v) is 3.52. The number of nitrogens with zero attached hydrogens (tertiary/aromatic N) is 4. The van der Waals surface area contributed by atoms with Crippen molar-refractivity contribution in [1.29, 1.82) is 0 Å². The third kappa shape index (κ3) is 4.49. The van der Waals surface area contributed by atoms with E-state index in [0.29, 0.717) is 11.7 Å². The third-order valence-electron chi connectivity index (χ3n) is 3.84. The predicted octanol–water partition coefficient (Wildman–Crippen LogP) is 3.10.